The maximum atomic E-state index is 13.2. The lowest BCUT2D eigenvalue weighted by atomic mass is 9.92. The third-order valence-corrected chi connectivity index (χ3v) is 6.73. The first-order valence-electron chi connectivity index (χ1n) is 11.2. The van der Waals surface area contributed by atoms with E-state index in [9.17, 15) is 4.79 Å². The molecule has 2 aliphatic carbocycles. The van der Waals surface area contributed by atoms with E-state index >= 15 is 0 Å². The van der Waals surface area contributed by atoms with Gasteiger partial charge in [0.2, 0.25) is 5.91 Å². The number of carbonyl (C=O) groups excluding carboxylic acids is 1. The molecule has 2 heterocycles. The third kappa shape index (κ3) is 3.32. The summed E-state index contributed by atoms with van der Waals surface area (Å²) in [6.07, 6.45) is 3.99. The highest BCUT2D eigenvalue weighted by Gasteiger charge is 2.55. The van der Waals surface area contributed by atoms with Gasteiger partial charge in [-0.25, -0.2) is 0 Å². The van der Waals surface area contributed by atoms with Gasteiger partial charge in [-0.3, -0.25) is 4.79 Å². The molecule has 0 atom stereocenters. The molecule has 7 nitrogen and oxygen atoms in total. The van der Waals surface area contributed by atoms with E-state index < -0.39 is 0 Å². The number of nitrogens with zero attached hydrogens (tertiary/aromatic N) is 3. The van der Waals surface area contributed by atoms with Crippen molar-refractivity contribution in [3.63, 3.8) is 0 Å². The third-order valence-electron chi connectivity index (χ3n) is 6.73. The van der Waals surface area contributed by atoms with E-state index in [0.717, 1.165) is 48.4 Å². The lowest BCUT2D eigenvalue weighted by Crippen LogP contribution is -2.58. The van der Waals surface area contributed by atoms with Crippen LogP contribution in [0, 0.1) is 0 Å². The van der Waals surface area contributed by atoms with Crippen LogP contribution in [0.3, 0.4) is 0 Å². The smallest absolute Gasteiger partial charge is 0.261 e. The van der Waals surface area contributed by atoms with Gasteiger partial charge in [-0.05, 0) is 55.5 Å². The molecule has 3 fully saturated rings. The lowest BCUT2D eigenvalue weighted by molar-refractivity contribution is -0.142. The van der Waals surface area contributed by atoms with Crippen molar-refractivity contribution in [2.75, 3.05) is 20.2 Å². The van der Waals surface area contributed by atoms with Gasteiger partial charge >= 0.3 is 0 Å². The quantitative estimate of drug-likeness (QED) is 0.564. The molecule has 3 aromatic rings. The molecule has 0 bridgehead atoms. The zero-order valence-electron chi connectivity index (χ0n) is 18.0. The molecule has 1 aliphatic heterocycles. The van der Waals surface area contributed by atoms with Crippen molar-refractivity contribution in [2.45, 2.75) is 43.1 Å². The number of para-hydroxylation sites is 1. The number of benzene rings is 2. The van der Waals surface area contributed by atoms with Crippen molar-refractivity contribution in [1.29, 1.82) is 0 Å². The van der Waals surface area contributed by atoms with E-state index in [1.807, 2.05) is 53.4 Å². The minimum absolute atomic E-state index is 0.0439. The fourth-order valence-corrected chi connectivity index (χ4v) is 4.42. The second kappa shape index (κ2) is 7.36. The molecular formula is C25H25N3O4. The summed E-state index contributed by atoms with van der Waals surface area (Å²) in [6.45, 7) is 1.17. The zero-order valence-corrected chi connectivity index (χ0v) is 18.0. The first kappa shape index (κ1) is 19.3. The summed E-state index contributed by atoms with van der Waals surface area (Å²) in [5.41, 5.74) is 1.49. The molecule has 0 radical (unpaired) electrons. The molecule has 7 heteroatoms. The SMILES string of the molecule is COc1ccc(C2(C(=O)N3CC(Oc4ccccc4-c4nc(C5CC5)no4)C3)CC2)cc1. The maximum absolute atomic E-state index is 13.2. The Balaban J connectivity index is 1.12. The molecule has 1 amide bonds. The predicted octanol–water partition coefficient (Wildman–Crippen LogP) is 3.94. The van der Waals surface area contributed by atoms with E-state index in [1.165, 1.54) is 0 Å². The highest BCUT2D eigenvalue weighted by atomic mass is 16.5. The largest absolute Gasteiger partial charge is 0.497 e. The van der Waals surface area contributed by atoms with Crippen LogP contribution in [0.1, 0.15) is 43.0 Å². The van der Waals surface area contributed by atoms with E-state index in [0.29, 0.717) is 30.6 Å². The fourth-order valence-electron chi connectivity index (χ4n) is 4.42. The normalized spacial score (nSPS) is 19.3. The van der Waals surface area contributed by atoms with Crippen molar-refractivity contribution >= 4 is 5.91 Å². The van der Waals surface area contributed by atoms with Crippen LogP contribution >= 0.6 is 0 Å². The summed E-state index contributed by atoms with van der Waals surface area (Å²) in [5.74, 6) is 3.43. The Kier molecular flexibility index (Phi) is 4.45. The van der Waals surface area contributed by atoms with Crippen molar-refractivity contribution in [2.24, 2.45) is 0 Å². The van der Waals surface area contributed by atoms with Crippen LogP contribution in [0.15, 0.2) is 53.1 Å². The fraction of sp³-hybridized carbons (Fsp3) is 0.400. The van der Waals surface area contributed by atoms with Crippen molar-refractivity contribution < 1.29 is 18.8 Å². The van der Waals surface area contributed by atoms with Crippen LogP contribution < -0.4 is 9.47 Å². The first-order chi connectivity index (χ1) is 15.7. The minimum atomic E-state index is -0.377. The second-order valence-corrected chi connectivity index (χ2v) is 8.99. The minimum Gasteiger partial charge on any atom is -0.497 e. The summed E-state index contributed by atoms with van der Waals surface area (Å²) in [6, 6.07) is 15.6. The summed E-state index contributed by atoms with van der Waals surface area (Å²) in [4.78, 5) is 19.7. The molecule has 1 saturated heterocycles. The van der Waals surface area contributed by atoms with Gasteiger partial charge in [0.1, 0.15) is 17.6 Å². The van der Waals surface area contributed by atoms with Crippen LogP contribution in [0.2, 0.25) is 0 Å². The molecule has 0 spiro atoms. The Morgan fingerprint density at radius 2 is 1.84 bits per heavy atom. The second-order valence-electron chi connectivity index (χ2n) is 8.99. The highest BCUT2D eigenvalue weighted by molar-refractivity contribution is 5.92. The number of carbonyl (C=O) groups is 1. The van der Waals surface area contributed by atoms with E-state index in [4.69, 9.17) is 14.0 Å². The maximum Gasteiger partial charge on any atom is 0.261 e. The number of rotatable bonds is 7. The standard InChI is InChI=1S/C25H25N3O4/c1-30-18-10-8-17(9-11-18)25(12-13-25)24(29)28-14-19(15-28)31-21-5-3-2-4-20(21)23-26-22(27-32-23)16-6-7-16/h2-5,8-11,16,19H,6-7,12-15H2,1H3. The summed E-state index contributed by atoms with van der Waals surface area (Å²) in [5, 5.41) is 4.12. The highest BCUT2D eigenvalue weighted by Crippen LogP contribution is 2.50. The average Bonchev–Trinajstić information content (AvgIpc) is 3.74. The molecule has 2 aromatic carbocycles. The monoisotopic (exact) mass is 431 g/mol. The number of hydrogen-bond donors (Lipinski definition) is 0. The number of hydrogen-bond acceptors (Lipinski definition) is 6. The van der Waals surface area contributed by atoms with Gasteiger partial charge in [-0.15, -0.1) is 0 Å². The predicted molar refractivity (Wildman–Crippen MR) is 117 cm³/mol. The summed E-state index contributed by atoms with van der Waals surface area (Å²) >= 11 is 0. The number of ether oxygens (including phenoxy) is 2. The van der Waals surface area contributed by atoms with Crippen molar-refractivity contribution in [1.82, 2.24) is 15.0 Å². The van der Waals surface area contributed by atoms with Gasteiger partial charge in [0, 0.05) is 5.92 Å². The van der Waals surface area contributed by atoms with Gasteiger partial charge in [0.05, 0.1) is 31.2 Å². The number of methoxy groups -OCH3 is 1. The van der Waals surface area contributed by atoms with Crippen LogP contribution in [-0.2, 0) is 10.2 Å². The van der Waals surface area contributed by atoms with Gasteiger partial charge in [-0.2, -0.15) is 4.98 Å². The van der Waals surface area contributed by atoms with Gasteiger partial charge < -0.3 is 18.9 Å². The molecule has 2 saturated carbocycles. The van der Waals surface area contributed by atoms with Gasteiger partial charge in [-0.1, -0.05) is 29.4 Å². The van der Waals surface area contributed by atoms with Gasteiger partial charge in [0.25, 0.3) is 5.89 Å². The zero-order chi connectivity index (χ0) is 21.7. The molecule has 0 N–H and O–H groups in total. The van der Waals surface area contributed by atoms with Crippen molar-refractivity contribution in [3.8, 4) is 23.0 Å². The Morgan fingerprint density at radius 3 is 2.53 bits per heavy atom. The van der Waals surface area contributed by atoms with Gasteiger partial charge in [0.15, 0.2) is 5.82 Å². The van der Waals surface area contributed by atoms with Crippen molar-refractivity contribution in [3.05, 3.63) is 59.9 Å². The molecule has 3 aliphatic rings. The molecule has 6 rings (SSSR count). The summed E-state index contributed by atoms with van der Waals surface area (Å²) in [7, 11) is 1.65. The molecule has 32 heavy (non-hydrogen) atoms. The van der Waals surface area contributed by atoms with Crippen LogP contribution in [0.5, 0.6) is 11.5 Å². The molecular weight excluding hydrogens is 406 g/mol. The Hall–Kier alpha value is -3.35. The first-order valence-corrected chi connectivity index (χ1v) is 11.2. The van der Waals surface area contributed by atoms with Crippen LogP contribution in [-0.4, -0.2) is 47.3 Å². The number of aromatic nitrogens is 2. The van der Waals surface area contributed by atoms with E-state index in [1.54, 1.807) is 7.11 Å². The summed E-state index contributed by atoms with van der Waals surface area (Å²) < 4.78 is 17.0. The number of likely N-dealkylation sites (tertiary alicyclic amines) is 1. The molecule has 164 valence electrons. The topological polar surface area (TPSA) is 77.7 Å². The Labute approximate surface area is 186 Å². The molecule has 0 unspecified atom stereocenters. The van der Waals surface area contributed by atoms with E-state index in [-0.39, 0.29) is 17.4 Å². The van der Waals surface area contributed by atoms with E-state index in [2.05, 4.69) is 10.1 Å². The average molecular weight is 431 g/mol. The van der Waals surface area contributed by atoms with Crippen LogP contribution in [0.4, 0.5) is 0 Å². The lowest BCUT2D eigenvalue weighted by Gasteiger charge is -2.41. The van der Waals surface area contributed by atoms with Crippen LogP contribution in [0.25, 0.3) is 11.5 Å². The Morgan fingerprint density at radius 1 is 1.09 bits per heavy atom. The molecule has 1 aromatic heterocycles. The number of amides is 1. The Bertz CT molecular complexity index is 1140.